The highest BCUT2D eigenvalue weighted by Gasteiger charge is 2.26. The van der Waals surface area contributed by atoms with Crippen LogP contribution in [0, 0.1) is 11.7 Å². The molecule has 170 valence electrons. The predicted molar refractivity (Wildman–Crippen MR) is 133 cm³/mol. The van der Waals surface area contributed by atoms with E-state index < -0.39 is 5.82 Å². The maximum atomic E-state index is 14.8. The van der Waals surface area contributed by atoms with E-state index in [9.17, 15) is 14.0 Å². The summed E-state index contributed by atoms with van der Waals surface area (Å²) in [5.74, 6) is -0.00951. The molecule has 1 N–H and O–H groups in total. The van der Waals surface area contributed by atoms with Crippen LogP contribution in [-0.2, 0) is 24.2 Å². The van der Waals surface area contributed by atoms with Gasteiger partial charge in [0.2, 0.25) is 5.91 Å². The Hall–Kier alpha value is -2.49. The number of para-hydroxylation sites is 1. The third kappa shape index (κ3) is 4.49. The topological polar surface area (TPSA) is 64.0 Å². The van der Waals surface area contributed by atoms with E-state index in [1.807, 2.05) is 17.5 Å². The molecule has 33 heavy (non-hydrogen) atoms. The Morgan fingerprint density at radius 1 is 1.30 bits per heavy atom. The highest BCUT2D eigenvalue weighted by molar-refractivity contribution is 7.99. The molecule has 1 aromatic carbocycles. The largest absolute Gasteiger partial charge is 0.350 e. The Balaban J connectivity index is 1.52. The van der Waals surface area contributed by atoms with Crippen molar-refractivity contribution in [2.75, 3.05) is 5.75 Å². The number of hydrogen-bond donors (Lipinski definition) is 1. The lowest BCUT2D eigenvalue weighted by atomic mass is 9.89. The van der Waals surface area contributed by atoms with Gasteiger partial charge in [-0.3, -0.25) is 14.2 Å². The number of nitrogens with zero attached hydrogens (tertiary/aromatic N) is 2. The summed E-state index contributed by atoms with van der Waals surface area (Å²) in [6, 6.07) is 10.1. The molecule has 1 aliphatic carbocycles. The van der Waals surface area contributed by atoms with Gasteiger partial charge in [-0.2, -0.15) is 0 Å². The molecule has 0 spiro atoms. The number of aromatic nitrogens is 2. The van der Waals surface area contributed by atoms with E-state index in [-0.39, 0.29) is 22.9 Å². The highest BCUT2D eigenvalue weighted by atomic mass is 32.2. The van der Waals surface area contributed by atoms with Crippen molar-refractivity contribution in [1.29, 1.82) is 0 Å². The molecular weight excluding hydrogens is 477 g/mol. The fourth-order valence-corrected chi connectivity index (χ4v) is 7.00. The summed E-state index contributed by atoms with van der Waals surface area (Å²) < 4.78 is 16.1. The second-order valence-corrected chi connectivity index (χ2v) is 11.2. The molecule has 1 unspecified atom stereocenters. The zero-order valence-electron chi connectivity index (χ0n) is 18.0. The Labute approximate surface area is 202 Å². The maximum Gasteiger partial charge on any atom is 0.267 e. The molecule has 0 bridgehead atoms. The summed E-state index contributed by atoms with van der Waals surface area (Å²) in [5, 5.41) is 5.77. The van der Waals surface area contributed by atoms with Gasteiger partial charge < -0.3 is 5.32 Å². The lowest BCUT2D eigenvalue weighted by molar-refractivity contribution is -0.118. The van der Waals surface area contributed by atoms with E-state index in [1.54, 1.807) is 40.9 Å². The summed E-state index contributed by atoms with van der Waals surface area (Å²) >= 11 is 4.28. The number of thioether (sulfide) groups is 1. The minimum atomic E-state index is -0.498. The molecule has 1 amide bonds. The van der Waals surface area contributed by atoms with Gasteiger partial charge in [0, 0.05) is 9.75 Å². The van der Waals surface area contributed by atoms with Gasteiger partial charge in [-0.05, 0) is 54.3 Å². The molecule has 3 aromatic heterocycles. The molecule has 0 fully saturated rings. The van der Waals surface area contributed by atoms with Crippen LogP contribution in [0.3, 0.4) is 0 Å². The number of thiophene rings is 2. The number of aryl methyl sites for hydroxylation is 1. The quantitative estimate of drug-likeness (QED) is 0.293. The molecular formula is C24H22FN3O2S3. The van der Waals surface area contributed by atoms with Gasteiger partial charge in [-0.25, -0.2) is 9.37 Å². The first kappa shape index (κ1) is 22.3. The molecule has 3 heterocycles. The van der Waals surface area contributed by atoms with Crippen LogP contribution in [0.15, 0.2) is 51.7 Å². The van der Waals surface area contributed by atoms with Crippen LogP contribution < -0.4 is 10.9 Å². The van der Waals surface area contributed by atoms with Gasteiger partial charge in [-0.15, -0.1) is 22.7 Å². The lowest BCUT2D eigenvalue weighted by Crippen LogP contribution is -2.26. The normalized spacial score (nSPS) is 15.5. The summed E-state index contributed by atoms with van der Waals surface area (Å²) in [4.78, 5) is 33.9. The molecule has 5 rings (SSSR count). The van der Waals surface area contributed by atoms with Crippen LogP contribution in [0.25, 0.3) is 15.9 Å². The monoisotopic (exact) mass is 499 g/mol. The molecule has 4 aromatic rings. The third-order valence-corrected chi connectivity index (χ3v) is 8.73. The molecule has 1 aliphatic rings. The molecule has 0 saturated carbocycles. The first-order valence-electron chi connectivity index (χ1n) is 10.8. The van der Waals surface area contributed by atoms with E-state index in [1.165, 1.54) is 15.5 Å². The fourth-order valence-electron chi connectivity index (χ4n) is 4.09. The van der Waals surface area contributed by atoms with Crippen molar-refractivity contribution >= 4 is 50.6 Å². The molecule has 0 saturated heterocycles. The molecule has 0 radical (unpaired) electrons. The lowest BCUT2D eigenvalue weighted by Gasteiger charge is -2.18. The number of rotatable bonds is 6. The smallest absolute Gasteiger partial charge is 0.267 e. The van der Waals surface area contributed by atoms with Gasteiger partial charge in [-0.1, -0.05) is 36.9 Å². The van der Waals surface area contributed by atoms with Gasteiger partial charge in [0.25, 0.3) is 5.56 Å². The Bertz CT molecular complexity index is 1380. The maximum absolute atomic E-state index is 14.8. The van der Waals surface area contributed by atoms with Crippen LogP contribution in [0.2, 0.25) is 0 Å². The summed E-state index contributed by atoms with van der Waals surface area (Å²) in [7, 11) is 0. The summed E-state index contributed by atoms with van der Waals surface area (Å²) in [6.07, 6.45) is 2.80. The zero-order chi connectivity index (χ0) is 22.9. The fraction of sp³-hybridized carbons (Fsp3) is 0.292. The van der Waals surface area contributed by atoms with E-state index in [2.05, 4.69) is 12.2 Å². The second-order valence-electron chi connectivity index (χ2n) is 8.16. The highest BCUT2D eigenvalue weighted by Crippen LogP contribution is 2.37. The van der Waals surface area contributed by atoms with Crippen molar-refractivity contribution in [3.8, 4) is 5.69 Å². The van der Waals surface area contributed by atoms with Gasteiger partial charge in [0.05, 0.1) is 23.4 Å². The number of halogens is 1. The molecule has 5 nitrogen and oxygen atoms in total. The SMILES string of the molecule is CC1CCc2c(sc3nc(SCC(=O)NCc4cccs4)n(-c4ccccc4F)c(=O)c23)C1. The summed E-state index contributed by atoms with van der Waals surface area (Å²) in [5.41, 5.74) is 0.946. The zero-order valence-corrected chi connectivity index (χ0v) is 20.4. The number of amides is 1. The van der Waals surface area contributed by atoms with E-state index in [4.69, 9.17) is 4.98 Å². The van der Waals surface area contributed by atoms with Gasteiger partial charge in [0.15, 0.2) is 5.16 Å². The predicted octanol–water partition coefficient (Wildman–Crippen LogP) is 5.18. The average Bonchev–Trinajstić information content (AvgIpc) is 3.44. The van der Waals surface area contributed by atoms with Crippen LogP contribution in [0.1, 0.15) is 28.7 Å². The number of fused-ring (bicyclic) bond motifs is 3. The van der Waals surface area contributed by atoms with E-state index in [0.717, 1.165) is 41.5 Å². The second kappa shape index (κ2) is 9.40. The number of carbonyl (C=O) groups is 1. The number of nitrogens with one attached hydrogen (secondary N) is 1. The first-order valence-corrected chi connectivity index (χ1v) is 13.4. The Morgan fingerprint density at radius 3 is 2.94 bits per heavy atom. The van der Waals surface area contributed by atoms with Crippen molar-refractivity contribution in [1.82, 2.24) is 14.9 Å². The standard InChI is InChI=1S/C24H22FN3O2S3/c1-14-8-9-16-19(11-14)33-22-21(16)23(30)28(18-7-3-2-6-17(18)25)24(27-22)32-13-20(29)26-12-15-5-4-10-31-15/h2-7,10,14H,8-9,11-13H2,1H3,(H,26,29). The van der Waals surface area contributed by atoms with Crippen LogP contribution in [-0.4, -0.2) is 21.2 Å². The molecule has 9 heteroatoms. The van der Waals surface area contributed by atoms with Crippen molar-refractivity contribution in [2.24, 2.45) is 5.92 Å². The van der Waals surface area contributed by atoms with Crippen LogP contribution in [0.5, 0.6) is 0 Å². The number of hydrogen-bond acceptors (Lipinski definition) is 6. The van der Waals surface area contributed by atoms with E-state index >= 15 is 0 Å². The van der Waals surface area contributed by atoms with Gasteiger partial charge in [0.1, 0.15) is 10.6 Å². The van der Waals surface area contributed by atoms with Crippen molar-refractivity contribution in [2.45, 2.75) is 37.9 Å². The van der Waals surface area contributed by atoms with E-state index in [0.29, 0.717) is 27.8 Å². The van der Waals surface area contributed by atoms with Crippen molar-refractivity contribution in [3.05, 3.63) is 73.3 Å². The molecule has 0 aliphatic heterocycles. The minimum absolute atomic E-state index is 0.0832. The third-order valence-electron chi connectivity index (χ3n) is 5.76. The number of carbonyl (C=O) groups excluding carboxylic acids is 1. The van der Waals surface area contributed by atoms with Crippen LogP contribution in [0.4, 0.5) is 4.39 Å². The van der Waals surface area contributed by atoms with Crippen molar-refractivity contribution < 1.29 is 9.18 Å². The average molecular weight is 500 g/mol. The van der Waals surface area contributed by atoms with Crippen LogP contribution >= 0.6 is 34.4 Å². The minimum Gasteiger partial charge on any atom is -0.350 e. The Morgan fingerprint density at radius 2 is 2.15 bits per heavy atom. The van der Waals surface area contributed by atoms with Gasteiger partial charge >= 0.3 is 0 Å². The summed E-state index contributed by atoms with van der Waals surface area (Å²) in [6.45, 7) is 2.67. The number of benzene rings is 1. The molecule has 1 atom stereocenters. The first-order chi connectivity index (χ1) is 16.0. The Kier molecular flexibility index (Phi) is 6.36. The van der Waals surface area contributed by atoms with Crippen molar-refractivity contribution in [3.63, 3.8) is 0 Å².